The maximum atomic E-state index is 6.25. The van der Waals surface area contributed by atoms with Gasteiger partial charge in [0.25, 0.3) is 0 Å². The van der Waals surface area contributed by atoms with Crippen molar-refractivity contribution in [1.82, 2.24) is 0 Å². The zero-order valence-electron chi connectivity index (χ0n) is 4.30. The Morgan fingerprint density at radius 1 is 0.833 bits per heavy atom. The van der Waals surface area contributed by atoms with Gasteiger partial charge in [-0.25, -0.2) is 0 Å². The van der Waals surface area contributed by atoms with E-state index in [2.05, 4.69) is 0 Å². The molecule has 0 saturated carbocycles. The third kappa shape index (κ3) is 23.1. The molecular weight excluding hydrogens is 199 g/mol. The summed E-state index contributed by atoms with van der Waals surface area (Å²) in [5.41, 5.74) is 0. The SMILES string of the molecule is [C-]#N.[Fe+3].[K+].[K+].[K+]. The third-order valence-electron chi connectivity index (χ3n) is 0. The average molecular weight is 199 g/mol. The molecule has 1 radical (unpaired) electrons. The Bertz CT molecular complexity index is 15.5. The third-order valence-corrected chi connectivity index (χ3v) is 0. The van der Waals surface area contributed by atoms with Gasteiger partial charge in [-0.3, -0.25) is 0 Å². The fraction of sp³-hybridized carbons (Fsp3) is 0. The van der Waals surface area contributed by atoms with E-state index in [1.807, 2.05) is 0 Å². The summed E-state index contributed by atoms with van der Waals surface area (Å²) >= 11 is 0. The van der Waals surface area contributed by atoms with E-state index in [0.717, 1.165) is 0 Å². The molecule has 1 nitrogen and oxygen atoms in total. The normalized spacial score (nSPS) is 0.333. The second-order valence-electron chi connectivity index (χ2n) is 0. The summed E-state index contributed by atoms with van der Waals surface area (Å²) in [4.78, 5) is 0. The van der Waals surface area contributed by atoms with E-state index in [0.29, 0.717) is 0 Å². The molecule has 0 aromatic heterocycles. The van der Waals surface area contributed by atoms with Gasteiger partial charge < -0.3 is 11.8 Å². The fourth-order valence-corrected chi connectivity index (χ4v) is 0. The van der Waals surface area contributed by atoms with Gasteiger partial charge in [0.05, 0.1) is 0 Å². The Kier molecular flexibility index (Phi) is 167. The van der Waals surface area contributed by atoms with Crippen LogP contribution in [0.25, 0.3) is 0 Å². The summed E-state index contributed by atoms with van der Waals surface area (Å²) in [6.07, 6.45) is 0. The summed E-state index contributed by atoms with van der Waals surface area (Å²) < 4.78 is 0. The van der Waals surface area contributed by atoms with E-state index in [4.69, 9.17) is 11.8 Å². The first-order valence-corrected chi connectivity index (χ1v) is 0.224. The van der Waals surface area contributed by atoms with E-state index in [1.165, 1.54) is 0 Å². The predicted octanol–water partition coefficient (Wildman–Crippen LogP) is -8.89. The van der Waals surface area contributed by atoms with E-state index < -0.39 is 0 Å². The quantitative estimate of drug-likeness (QED) is 0.281. The average Bonchev–Trinajstić information content (AvgIpc) is 1.00. The molecule has 0 amide bonds. The van der Waals surface area contributed by atoms with Gasteiger partial charge in [0, 0.05) is 0 Å². The van der Waals surface area contributed by atoms with Crippen LogP contribution >= 0.6 is 0 Å². The van der Waals surface area contributed by atoms with Gasteiger partial charge in [0.15, 0.2) is 0 Å². The van der Waals surface area contributed by atoms with Crippen LogP contribution < -0.4 is 154 Å². The zero-order valence-corrected chi connectivity index (χ0v) is 14.8. The summed E-state index contributed by atoms with van der Waals surface area (Å²) in [7, 11) is 0. The zero-order chi connectivity index (χ0) is 2.00. The minimum Gasteiger partial charge on any atom is -0.512 e. The van der Waals surface area contributed by atoms with Crippen LogP contribution in [0.2, 0.25) is 0 Å². The number of hydrogen-bond acceptors (Lipinski definition) is 1. The first kappa shape index (κ1) is 30.7. The van der Waals surface area contributed by atoms with Gasteiger partial charge in [0.2, 0.25) is 0 Å². The van der Waals surface area contributed by atoms with Crippen molar-refractivity contribution in [2.75, 3.05) is 0 Å². The molecular formula is CFeK3N+5. The molecule has 0 aliphatic rings. The van der Waals surface area contributed by atoms with E-state index in [9.17, 15) is 0 Å². The molecule has 15 valence electrons. The molecule has 0 aromatic carbocycles. The van der Waals surface area contributed by atoms with Crippen molar-refractivity contribution in [2.45, 2.75) is 0 Å². The van der Waals surface area contributed by atoms with Gasteiger partial charge >= 0.3 is 171 Å². The molecule has 0 spiro atoms. The monoisotopic (exact) mass is 199 g/mol. The smallest absolute Gasteiger partial charge is 0.512 e. The van der Waals surface area contributed by atoms with Crippen LogP contribution in [0.15, 0.2) is 0 Å². The van der Waals surface area contributed by atoms with Crippen LogP contribution in [0, 0.1) is 11.8 Å². The minimum absolute atomic E-state index is 0. The first-order chi connectivity index (χ1) is 1.00. The van der Waals surface area contributed by atoms with E-state index in [-0.39, 0.29) is 171 Å². The van der Waals surface area contributed by atoms with Crippen molar-refractivity contribution in [3.63, 3.8) is 0 Å². The Balaban J connectivity index is -0.000000000833. The van der Waals surface area contributed by atoms with Gasteiger partial charge in [-0.05, 0) is 0 Å². The van der Waals surface area contributed by atoms with Crippen LogP contribution in [-0.2, 0) is 17.1 Å². The first-order valence-electron chi connectivity index (χ1n) is 0.224. The second kappa shape index (κ2) is 32.6. The van der Waals surface area contributed by atoms with Crippen LogP contribution in [0.3, 0.4) is 0 Å². The molecule has 6 heavy (non-hydrogen) atoms. The number of hydrogen-bond donors (Lipinski definition) is 0. The van der Waals surface area contributed by atoms with Crippen molar-refractivity contribution >= 4 is 0 Å². The molecule has 0 aliphatic heterocycles. The van der Waals surface area contributed by atoms with E-state index >= 15 is 0 Å². The largest absolute Gasteiger partial charge is 3.00 e. The molecule has 0 rings (SSSR count). The standard InChI is InChI=1S/CN.Fe.3K/c1-2;;;;/q-1;+3;3*+1. The molecule has 0 unspecified atom stereocenters. The summed E-state index contributed by atoms with van der Waals surface area (Å²) in [5.74, 6) is 0. The van der Waals surface area contributed by atoms with Crippen LogP contribution in [0.5, 0.6) is 0 Å². The second-order valence-corrected chi connectivity index (χ2v) is 0. The summed E-state index contributed by atoms with van der Waals surface area (Å²) in [6.45, 7) is 4.75. The molecule has 0 bridgehead atoms. The van der Waals surface area contributed by atoms with Crippen molar-refractivity contribution in [3.8, 4) is 0 Å². The van der Waals surface area contributed by atoms with Crippen LogP contribution in [-0.4, -0.2) is 0 Å². The van der Waals surface area contributed by atoms with E-state index in [1.54, 1.807) is 0 Å². The van der Waals surface area contributed by atoms with Crippen molar-refractivity contribution in [2.24, 2.45) is 0 Å². The fourth-order valence-electron chi connectivity index (χ4n) is 0. The Labute approximate surface area is 176 Å². The van der Waals surface area contributed by atoms with Gasteiger partial charge in [0.1, 0.15) is 0 Å². The topological polar surface area (TPSA) is 23.8 Å². The van der Waals surface area contributed by atoms with Crippen molar-refractivity contribution in [3.05, 3.63) is 6.57 Å². The van der Waals surface area contributed by atoms with Crippen LogP contribution in [0.1, 0.15) is 0 Å². The Morgan fingerprint density at radius 3 is 0.833 bits per heavy atom. The van der Waals surface area contributed by atoms with Crippen molar-refractivity contribution < 1.29 is 171 Å². The Morgan fingerprint density at radius 2 is 0.833 bits per heavy atom. The predicted molar refractivity (Wildman–Crippen MR) is 4.97 cm³/mol. The Hall–Kier alpha value is 4.92. The maximum Gasteiger partial charge on any atom is 3.00 e. The molecule has 0 heterocycles. The minimum atomic E-state index is 0. The van der Waals surface area contributed by atoms with Gasteiger partial charge in [-0.15, -0.1) is 0 Å². The maximum absolute atomic E-state index is 6.25. The molecule has 5 heteroatoms. The molecule has 0 aromatic rings. The van der Waals surface area contributed by atoms with Gasteiger partial charge in [-0.2, -0.15) is 0 Å². The number of rotatable bonds is 0. The number of nitrogens with zero attached hydrogens (tertiary/aromatic N) is 1. The van der Waals surface area contributed by atoms with Gasteiger partial charge in [-0.1, -0.05) is 0 Å². The molecule has 0 atom stereocenters. The summed E-state index contributed by atoms with van der Waals surface area (Å²) in [5, 5.41) is 6.25. The molecule has 0 fully saturated rings. The van der Waals surface area contributed by atoms with Crippen molar-refractivity contribution in [1.29, 1.82) is 5.26 Å². The summed E-state index contributed by atoms with van der Waals surface area (Å²) in [6, 6.07) is 0. The molecule has 0 saturated heterocycles. The molecule has 0 N–H and O–H groups in total. The molecule has 0 aliphatic carbocycles. The van der Waals surface area contributed by atoms with Crippen LogP contribution in [0.4, 0.5) is 0 Å².